The molecule has 0 atom stereocenters. The second kappa shape index (κ2) is 10.9. The average Bonchev–Trinajstić information content (AvgIpc) is 2.49. The van der Waals surface area contributed by atoms with Crippen LogP contribution in [0.5, 0.6) is 0 Å². The summed E-state index contributed by atoms with van der Waals surface area (Å²) in [6.07, 6.45) is 0.983. The molecule has 0 aliphatic rings. The fourth-order valence-electron chi connectivity index (χ4n) is 2.11. The minimum atomic E-state index is 0.698. The van der Waals surface area contributed by atoms with Crippen molar-refractivity contribution in [2.24, 2.45) is 0 Å². The topological polar surface area (TPSA) is 33.7 Å². The minimum absolute atomic E-state index is 0.698. The monoisotopic (exact) mass is 314 g/mol. The van der Waals surface area contributed by atoms with Crippen LogP contribution in [0, 0.1) is 0 Å². The van der Waals surface area contributed by atoms with Gasteiger partial charge < -0.3 is 19.7 Å². The molecule has 0 heterocycles. The molecule has 4 nitrogen and oxygen atoms in total. The van der Waals surface area contributed by atoms with E-state index in [1.165, 1.54) is 0 Å². The van der Waals surface area contributed by atoms with Crippen molar-refractivity contribution in [1.82, 2.24) is 5.32 Å². The van der Waals surface area contributed by atoms with E-state index in [0.29, 0.717) is 6.61 Å². The van der Waals surface area contributed by atoms with Crippen LogP contribution < -0.4 is 10.2 Å². The Bertz CT molecular complexity index is 402. The summed E-state index contributed by atoms with van der Waals surface area (Å²) in [5.74, 6) is 0. The van der Waals surface area contributed by atoms with Gasteiger partial charge in [0.15, 0.2) is 0 Å². The summed E-state index contributed by atoms with van der Waals surface area (Å²) in [7, 11) is 3.45. The lowest BCUT2D eigenvalue weighted by Crippen LogP contribution is -2.29. The number of anilines is 1. The lowest BCUT2D eigenvalue weighted by Gasteiger charge is -2.25. The maximum absolute atomic E-state index is 6.38. The first-order valence-corrected chi connectivity index (χ1v) is 7.82. The van der Waals surface area contributed by atoms with Crippen LogP contribution in [0.25, 0.3) is 0 Å². The molecule has 1 aromatic carbocycles. The quantitative estimate of drug-likeness (QED) is 0.637. The zero-order valence-electron chi connectivity index (χ0n) is 13.3. The molecule has 0 unspecified atom stereocenters. The number of nitrogens with zero attached hydrogens (tertiary/aromatic N) is 1. The number of methoxy groups -OCH3 is 2. The van der Waals surface area contributed by atoms with Gasteiger partial charge in [-0.3, -0.25) is 0 Å². The Morgan fingerprint density at radius 3 is 2.52 bits per heavy atom. The van der Waals surface area contributed by atoms with Gasteiger partial charge >= 0.3 is 0 Å². The van der Waals surface area contributed by atoms with Gasteiger partial charge in [0, 0.05) is 51.2 Å². The van der Waals surface area contributed by atoms with Crippen molar-refractivity contribution in [2.75, 3.05) is 52.0 Å². The molecule has 0 amide bonds. The molecule has 0 aliphatic heterocycles. The van der Waals surface area contributed by atoms with Crippen molar-refractivity contribution in [2.45, 2.75) is 19.9 Å². The Kier molecular flexibility index (Phi) is 9.42. The van der Waals surface area contributed by atoms with Crippen LogP contribution in [-0.4, -0.2) is 47.1 Å². The van der Waals surface area contributed by atoms with Gasteiger partial charge in [-0.1, -0.05) is 24.6 Å². The minimum Gasteiger partial charge on any atom is -0.385 e. The first-order valence-electron chi connectivity index (χ1n) is 7.44. The third-order valence-electron chi connectivity index (χ3n) is 3.31. The fraction of sp³-hybridized carbons (Fsp3) is 0.625. The van der Waals surface area contributed by atoms with Crippen molar-refractivity contribution >= 4 is 17.3 Å². The van der Waals surface area contributed by atoms with Crippen molar-refractivity contribution in [3.8, 4) is 0 Å². The lowest BCUT2D eigenvalue weighted by molar-refractivity contribution is 0.191. The Labute approximate surface area is 133 Å². The molecular formula is C16H27ClN2O2. The summed E-state index contributed by atoms with van der Waals surface area (Å²) in [5.41, 5.74) is 2.26. The van der Waals surface area contributed by atoms with Crippen molar-refractivity contribution in [3.63, 3.8) is 0 Å². The highest BCUT2D eigenvalue weighted by molar-refractivity contribution is 6.31. The summed E-state index contributed by atoms with van der Waals surface area (Å²) in [6, 6.07) is 6.26. The Morgan fingerprint density at radius 1 is 1.14 bits per heavy atom. The zero-order chi connectivity index (χ0) is 15.5. The van der Waals surface area contributed by atoms with Crippen LogP contribution in [0.2, 0.25) is 5.02 Å². The van der Waals surface area contributed by atoms with Crippen LogP contribution in [-0.2, 0) is 16.0 Å². The van der Waals surface area contributed by atoms with Gasteiger partial charge in [0.2, 0.25) is 0 Å². The summed E-state index contributed by atoms with van der Waals surface area (Å²) < 4.78 is 10.3. The Balaban J connectivity index is 2.73. The molecule has 1 N–H and O–H groups in total. The number of rotatable bonds is 11. The van der Waals surface area contributed by atoms with Gasteiger partial charge in [-0.15, -0.1) is 0 Å². The molecule has 1 rings (SSSR count). The van der Waals surface area contributed by atoms with Crippen LogP contribution in [0.4, 0.5) is 5.69 Å². The third kappa shape index (κ3) is 6.66. The SMILES string of the molecule is CCNCc1ccc(N(CCCOC)CCOC)cc1Cl. The maximum Gasteiger partial charge on any atom is 0.0637 e. The number of hydrogen-bond donors (Lipinski definition) is 1. The zero-order valence-corrected chi connectivity index (χ0v) is 14.1. The molecule has 0 fully saturated rings. The maximum atomic E-state index is 6.38. The first kappa shape index (κ1) is 18.2. The lowest BCUT2D eigenvalue weighted by atomic mass is 10.2. The molecule has 21 heavy (non-hydrogen) atoms. The second-order valence-corrected chi connectivity index (χ2v) is 5.29. The van der Waals surface area contributed by atoms with Gasteiger partial charge in [-0.05, 0) is 30.7 Å². The van der Waals surface area contributed by atoms with Crippen LogP contribution in [0.15, 0.2) is 18.2 Å². The number of nitrogens with one attached hydrogen (secondary N) is 1. The molecule has 0 saturated carbocycles. The molecule has 5 heteroatoms. The molecule has 0 aromatic heterocycles. The molecule has 1 aromatic rings. The van der Waals surface area contributed by atoms with Crippen LogP contribution >= 0.6 is 11.6 Å². The van der Waals surface area contributed by atoms with Gasteiger partial charge in [-0.25, -0.2) is 0 Å². The van der Waals surface area contributed by atoms with E-state index in [4.69, 9.17) is 21.1 Å². The van der Waals surface area contributed by atoms with E-state index in [9.17, 15) is 0 Å². The smallest absolute Gasteiger partial charge is 0.0637 e. The normalized spacial score (nSPS) is 10.9. The highest BCUT2D eigenvalue weighted by atomic mass is 35.5. The van der Waals surface area contributed by atoms with Crippen molar-refractivity contribution in [3.05, 3.63) is 28.8 Å². The molecular weight excluding hydrogens is 288 g/mol. The second-order valence-electron chi connectivity index (χ2n) is 4.88. The number of benzene rings is 1. The van der Waals surface area contributed by atoms with E-state index < -0.39 is 0 Å². The van der Waals surface area contributed by atoms with Crippen molar-refractivity contribution < 1.29 is 9.47 Å². The predicted octanol–water partition coefficient (Wildman–Crippen LogP) is 2.94. The Morgan fingerprint density at radius 2 is 1.90 bits per heavy atom. The van der Waals surface area contributed by atoms with E-state index >= 15 is 0 Å². The first-order chi connectivity index (χ1) is 10.2. The van der Waals surface area contributed by atoms with E-state index in [-0.39, 0.29) is 0 Å². The Hall–Kier alpha value is -0.810. The fourth-order valence-corrected chi connectivity index (χ4v) is 2.35. The van der Waals surface area contributed by atoms with Gasteiger partial charge in [-0.2, -0.15) is 0 Å². The highest BCUT2D eigenvalue weighted by Gasteiger charge is 2.09. The molecule has 0 saturated heterocycles. The van der Waals surface area contributed by atoms with Crippen LogP contribution in [0.3, 0.4) is 0 Å². The summed E-state index contributed by atoms with van der Waals surface area (Å²) >= 11 is 6.38. The predicted molar refractivity (Wildman–Crippen MR) is 89.4 cm³/mol. The summed E-state index contributed by atoms with van der Waals surface area (Å²) in [6.45, 7) is 7.07. The standard InChI is InChI=1S/C16H27ClN2O2/c1-4-18-13-14-6-7-15(12-16(14)17)19(9-11-21-3)8-5-10-20-2/h6-7,12,18H,4-5,8-11,13H2,1-3H3. The summed E-state index contributed by atoms with van der Waals surface area (Å²) in [4.78, 5) is 2.28. The number of ether oxygens (including phenoxy) is 2. The van der Waals surface area contributed by atoms with E-state index in [2.05, 4.69) is 29.3 Å². The highest BCUT2D eigenvalue weighted by Crippen LogP contribution is 2.24. The van der Waals surface area contributed by atoms with E-state index in [1.807, 2.05) is 6.07 Å². The molecule has 120 valence electrons. The molecule has 0 spiro atoms. The third-order valence-corrected chi connectivity index (χ3v) is 3.66. The van der Waals surface area contributed by atoms with Gasteiger partial charge in [0.05, 0.1) is 6.61 Å². The van der Waals surface area contributed by atoms with E-state index in [1.54, 1.807) is 14.2 Å². The number of hydrogen-bond acceptors (Lipinski definition) is 4. The van der Waals surface area contributed by atoms with Gasteiger partial charge in [0.1, 0.15) is 0 Å². The van der Waals surface area contributed by atoms with Crippen LogP contribution in [0.1, 0.15) is 18.9 Å². The molecule has 0 radical (unpaired) electrons. The molecule has 0 aliphatic carbocycles. The largest absolute Gasteiger partial charge is 0.385 e. The van der Waals surface area contributed by atoms with Gasteiger partial charge in [0.25, 0.3) is 0 Å². The average molecular weight is 315 g/mol. The summed E-state index contributed by atoms with van der Waals surface area (Å²) in [5, 5.41) is 4.10. The van der Waals surface area contributed by atoms with Crippen molar-refractivity contribution in [1.29, 1.82) is 0 Å². The molecule has 0 bridgehead atoms. The number of halogens is 1. The van der Waals surface area contributed by atoms with E-state index in [0.717, 1.165) is 55.5 Å².